The van der Waals surface area contributed by atoms with Crippen LogP contribution in [0.5, 0.6) is 0 Å². The van der Waals surface area contributed by atoms with Crippen LogP contribution in [-0.2, 0) is 33.3 Å². The molecule has 0 aliphatic heterocycles. The Labute approximate surface area is 378 Å². The summed E-state index contributed by atoms with van der Waals surface area (Å²) in [6.07, 6.45) is 54.9. The zero-order valence-corrected chi connectivity index (χ0v) is 39.7. The maximum absolute atomic E-state index is 12.8. The maximum Gasteiger partial charge on any atom is 0.361 e. The number of carboxylic acid groups (broad SMARTS) is 1. The SMILES string of the molecule is CC/C=C\C/C=C\C/C=C\C/C=C\C/C=C\C/C=C\C/C=C\C/C=C\CCCCCCC(=O)OC(COC(=O)CCCCCCCCCC)COC(OCC[N+](C)(C)C)C(=O)O. The number of hydrogen-bond donors (Lipinski definition) is 1. The van der Waals surface area contributed by atoms with Gasteiger partial charge in [-0.1, -0.05) is 169 Å². The molecular formula is C53H88NO8+. The Morgan fingerprint density at radius 3 is 1.37 bits per heavy atom. The second-order valence-electron chi connectivity index (χ2n) is 16.7. The summed E-state index contributed by atoms with van der Waals surface area (Å²) in [5, 5.41) is 9.62. The Kier molecular flexibility index (Phi) is 41.2. The highest BCUT2D eigenvalue weighted by molar-refractivity contribution is 5.71. The van der Waals surface area contributed by atoms with Crippen molar-refractivity contribution in [2.45, 2.75) is 174 Å². The number of carbonyl (C=O) groups is 3. The summed E-state index contributed by atoms with van der Waals surface area (Å²) < 4.78 is 22.6. The van der Waals surface area contributed by atoms with Crippen molar-refractivity contribution in [3.63, 3.8) is 0 Å². The Morgan fingerprint density at radius 1 is 0.500 bits per heavy atom. The lowest BCUT2D eigenvalue weighted by atomic mass is 10.1. The Hall–Kier alpha value is -3.79. The third kappa shape index (κ3) is 44.3. The number of carboxylic acids is 1. The predicted octanol–water partition coefficient (Wildman–Crippen LogP) is 13.1. The number of carbonyl (C=O) groups excluding carboxylic acids is 2. The number of rotatable bonds is 42. The van der Waals surface area contributed by atoms with Crippen LogP contribution in [0.25, 0.3) is 0 Å². The minimum atomic E-state index is -1.52. The molecule has 0 rings (SSSR count). The van der Waals surface area contributed by atoms with Crippen molar-refractivity contribution in [2.75, 3.05) is 47.5 Å². The largest absolute Gasteiger partial charge is 0.477 e. The van der Waals surface area contributed by atoms with Crippen LogP contribution in [0, 0.1) is 0 Å². The summed E-state index contributed by atoms with van der Waals surface area (Å²) in [6, 6.07) is 0. The number of ether oxygens (including phenoxy) is 4. The van der Waals surface area contributed by atoms with Crippen molar-refractivity contribution in [3.05, 3.63) is 97.2 Å². The average molecular weight is 867 g/mol. The number of likely N-dealkylation sites (N-methyl/N-ethyl adjacent to an activating group) is 1. The molecule has 0 bridgehead atoms. The normalized spacial score (nSPS) is 13.8. The smallest absolute Gasteiger partial charge is 0.361 e. The van der Waals surface area contributed by atoms with E-state index in [2.05, 4.69) is 111 Å². The van der Waals surface area contributed by atoms with Crippen LogP contribution in [0.15, 0.2) is 97.2 Å². The van der Waals surface area contributed by atoms with E-state index in [4.69, 9.17) is 18.9 Å². The highest BCUT2D eigenvalue weighted by Gasteiger charge is 2.25. The van der Waals surface area contributed by atoms with Gasteiger partial charge in [0.15, 0.2) is 6.10 Å². The fourth-order valence-electron chi connectivity index (χ4n) is 5.91. The third-order valence-corrected chi connectivity index (χ3v) is 9.61. The van der Waals surface area contributed by atoms with Gasteiger partial charge in [-0.15, -0.1) is 0 Å². The molecule has 9 nitrogen and oxygen atoms in total. The lowest BCUT2D eigenvalue weighted by Gasteiger charge is -2.25. The lowest BCUT2D eigenvalue weighted by molar-refractivity contribution is -0.870. The molecule has 62 heavy (non-hydrogen) atoms. The molecule has 1 N–H and O–H groups in total. The van der Waals surface area contributed by atoms with Gasteiger partial charge < -0.3 is 28.5 Å². The number of esters is 2. The molecule has 0 aromatic rings. The topological polar surface area (TPSA) is 108 Å². The first-order valence-corrected chi connectivity index (χ1v) is 23.9. The van der Waals surface area contributed by atoms with Gasteiger partial charge in [0.2, 0.25) is 0 Å². The molecule has 0 heterocycles. The van der Waals surface area contributed by atoms with Crippen LogP contribution in [0.2, 0.25) is 0 Å². The van der Waals surface area contributed by atoms with Crippen LogP contribution < -0.4 is 0 Å². The van der Waals surface area contributed by atoms with Crippen molar-refractivity contribution in [1.82, 2.24) is 0 Å². The van der Waals surface area contributed by atoms with E-state index < -0.39 is 24.3 Å². The van der Waals surface area contributed by atoms with Gasteiger partial charge >= 0.3 is 17.9 Å². The van der Waals surface area contributed by atoms with E-state index in [0.717, 1.165) is 96.3 Å². The molecule has 2 unspecified atom stereocenters. The van der Waals surface area contributed by atoms with E-state index in [1.807, 2.05) is 21.1 Å². The number of allylic oxidation sites excluding steroid dienone is 16. The van der Waals surface area contributed by atoms with Gasteiger partial charge in [0.05, 0.1) is 34.4 Å². The van der Waals surface area contributed by atoms with Crippen LogP contribution in [-0.4, -0.2) is 87.4 Å². The summed E-state index contributed by atoms with van der Waals surface area (Å²) in [5.74, 6) is -2.06. The monoisotopic (exact) mass is 867 g/mol. The van der Waals surface area contributed by atoms with Gasteiger partial charge in [0.1, 0.15) is 13.2 Å². The summed E-state index contributed by atoms with van der Waals surface area (Å²) in [5.41, 5.74) is 0. The molecular weight excluding hydrogens is 779 g/mol. The predicted molar refractivity (Wildman–Crippen MR) is 258 cm³/mol. The molecule has 0 spiro atoms. The molecule has 0 radical (unpaired) electrons. The summed E-state index contributed by atoms with van der Waals surface area (Å²) in [7, 11) is 5.93. The Balaban J connectivity index is 4.33. The number of unbranched alkanes of at least 4 members (excludes halogenated alkanes) is 11. The maximum atomic E-state index is 12.8. The van der Waals surface area contributed by atoms with Crippen molar-refractivity contribution in [3.8, 4) is 0 Å². The molecule has 2 atom stereocenters. The Morgan fingerprint density at radius 2 is 0.919 bits per heavy atom. The summed E-state index contributed by atoms with van der Waals surface area (Å²) in [6.45, 7) is 4.66. The highest BCUT2D eigenvalue weighted by Crippen LogP contribution is 2.12. The Bertz CT molecular complexity index is 1330. The minimum Gasteiger partial charge on any atom is -0.477 e. The van der Waals surface area contributed by atoms with Crippen LogP contribution in [0.3, 0.4) is 0 Å². The van der Waals surface area contributed by atoms with E-state index in [0.29, 0.717) is 23.9 Å². The van der Waals surface area contributed by atoms with E-state index in [-0.39, 0.29) is 32.2 Å². The highest BCUT2D eigenvalue weighted by atomic mass is 16.7. The first-order chi connectivity index (χ1) is 30.1. The van der Waals surface area contributed by atoms with Crippen LogP contribution in [0.1, 0.15) is 162 Å². The third-order valence-electron chi connectivity index (χ3n) is 9.61. The average Bonchev–Trinajstić information content (AvgIpc) is 3.23. The van der Waals surface area contributed by atoms with E-state index in [9.17, 15) is 19.5 Å². The second-order valence-corrected chi connectivity index (χ2v) is 16.7. The van der Waals surface area contributed by atoms with Gasteiger partial charge in [-0.3, -0.25) is 9.59 Å². The number of hydrogen-bond acceptors (Lipinski definition) is 7. The first-order valence-electron chi connectivity index (χ1n) is 23.9. The van der Waals surface area contributed by atoms with Gasteiger partial charge in [0, 0.05) is 12.8 Å². The fraction of sp³-hybridized carbons (Fsp3) is 0.642. The quantitative estimate of drug-likeness (QED) is 0.0212. The van der Waals surface area contributed by atoms with Crippen molar-refractivity contribution in [2.24, 2.45) is 0 Å². The molecule has 0 amide bonds. The van der Waals surface area contributed by atoms with Gasteiger partial charge in [-0.05, 0) is 77.0 Å². The first kappa shape index (κ1) is 58.2. The molecule has 0 aromatic heterocycles. The van der Waals surface area contributed by atoms with E-state index >= 15 is 0 Å². The number of nitrogens with zero attached hydrogens (tertiary/aromatic N) is 1. The van der Waals surface area contributed by atoms with Gasteiger partial charge in [0.25, 0.3) is 6.29 Å². The number of aliphatic carboxylic acids is 1. The molecule has 0 saturated carbocycles. The second kappa shape index (κ2) is 43.8. The fourth-order valence-corrected chi connectivity index (χ4v) is 5.91. The molecule has 0 saturated heterocycles. The van der Waals surface area contributed by atoms with Crippen LogP contribution >= 0.6 is 0 Å². The summed E-state index contributed by atoms with van der Waals surface area (Å²) >= 11 is 0. The van der Waals surface area contributed by atoms with Crippen molar-refractivity contribution in [1.29, 1.82) is 0 Å². The zero-order valence-electron chi connectivity index (χ0n) is 39.7. The van der Waals surface area contributed by atoms with Crippen molar-refractivity contribution >= 4 is 17.9 Å². The molecule has 0 aromatic carbocycles. The van der Waals surface area contributed by atoms with E-state index in [1.54, 1.807) is 0 Å². The van der Waals surface area contributed by atoms with E-state index in [1.165, 1.54) is 32.1 Å². The number of quaternary nitrogens is 1. The molecule has 0 fully saturated rings. The van der Waals surface area contributed by atoms with Crippen LogP contribution in [0.4, 0.5) is 0 Å². The molecule has 352 valence electrons. The summed E-state index contributed by atoms with van der Waals surface area (Å²) in [4.78, 5) is 37.0. The molecule has 0 aliphatic carbocycles. The van der Waals surface area contributed by atoms with Gasteiger partial charge in [-0.2, -0.15) is 0 Å². The standard InChI is InChI=1S/C53H87NO8/c1-6-8-10-12-14-16-17-18-19-20-21-22-23-24-25-26-27-28-29-30-31-32-33-34-35-36-38-40-42-44-51(56)62-49(48-61-53(52(57)58)59-46-45-54(3,4)5)47-60-50(55)43-41-39-37-15-13-11-9-7-2/h8,10,14,16,18-19,21-22,24-25,27-28,30-31,33-34,49,53H,6-7,9,11-13,15,17,20,23,26,29,32,35-48H2,1-5H3/p+1/b10-8-,16-14-,19-18-,22-21-,25-24-,28-27-,31-30-,34-33-. The lowest BCUT2D eigenvalue weighted by Crippen LogP contribution is -2.40. The van der Waals surface area contributed by atoms with Crippen molar-refractivity contribution < 1.29 is 42.9 Å². The zero-order chi connectivity index (χ0) is 45.6. The molecule has 9 heteroatoms. The minimum absolute atomic E-state index is 0.178. The molecule has 0 aliphatic rings. The van der Waals surface area contributed by atoms with Gasteiger partial charge in [-0.25, -0.2) is 4.79 Å².